The third-order valence-electron chi connectivity index (χ3n) is 4.27. The van der Waals surface area contributed by atoms with Gasteiger partial charge < -0.3 is 9.80 Å². The molecule has 0 saturated carbocycles. The molecule has 2 fully saturated rings. The van der Waals surface area contributed by atoms with E-state index in [0.29, 0.717) is 11.2 Å². The van der Waals surface area contributed by atoms with Crippen LogP contribution in [-0.4, -0.2) is 47.8 Å². The molecule has 0 radical (unpaired) electrons. The molecule has 1 aromatic rings. The maximum Gasteiger partial charge on any atom is 0.154 e. The monoisotopic (exact) mass is 266 g/mol. The maximum absolute atomic E-state index is 5.95. The molecule has 0 spiro atoms. The van der Waals surface area contributed by atoms with Gasteiger partial charge in [0.25, 0.3) is 0 Å². The Labute approximate surface area is 113 Å². The first-order valence-corrected chi connectivity index (χ1v) is 6.98. The van der Waals surface area contributed by atoms with Gasteiger partial charge in [-0.2, -0.15) is 0 Å². The first kappa shape index (κ1) is 12.2. The molecule has 0 aromatic carbocycles. The van der Waals surface area contributed by atoms with Gasteiger partial charge in [0.2, 0.25) is 0 Å². The molecule has 4 nitrogen and oxygen atoms in total. The number of piperidine rings is 1. The van der Waals surface area contributed by atoms with Crippen LogP contribution in [0.2, 0.25) is 5.15 Å². The van der Waals surface area contributed by atoms with Crippen molar-refractivity contribution in [3.63, 3.8) is 0 Å². The molecule has 18 heavy (non-hydrogen) atoms. The molecule has 2 saturated heterocycles. The largest absolute Gasteiger partial charge is 0.351 e. The zero-order valence-corrected chi connectivity index (χ0v) is 11.7. The second kappa shape index (κ2) is 4.67. The summed E-state index contributed by atoms with van der Waals surface area (Å²) in [6.45, 7) is 5.44. The molecular weight excluding hydrogens is 248 g/mol. The molecule has 2 aliphatic rings. The Kier molecular flexibility index (Phi) is 3.16. The number of likely N-dealkylation sites (tertiary alicyclic amines) is 1. The molecule has 0 amide bonds. The van der Waals surface area contributed by atoms with Crippen LogP contribution in [0.4, 0.5) is 5.82 Å². The van der Waals surface area contributed by atoms with Crippen molar-refractivity contribution in [3.05, 3.63) is 16.8 Å². The van der Waals surface area contributed by atoms with Gasteiger partial charge in [0.15, 0.2) is 11.0 Å². The van der Waals surface area contributed by atoms with Gasteiger partial charge in [0, 0.05) is 19.1 Å². The van der Waals surface area contributed by atoms with E-state index in [-0.39, 0.29) is 0 Å². The number of rotatable bonds is 1. The second-order valence-corrected chi connectivity index (χ2v) is 5.89. The second-order valence-electron chi connectivity index (χ2n) is 5.54. The summed E-state index contributed by atoms with van der Waals surface area (Å²) in [6.07, 6.45) is 2.58. The lowest BCUT2D eigenvalue weighted by Crippen LogP contribution is -2.47. The summed E-state index contributed by atoms with van der Waals surface area (Å²) in [4.78, 5) is 4.83. The zero-order valence-electron chi connectivity index (χ0n) is 10.9. The smallest absolute Gasteiger partial charge is 0.154 e. The molecule has 3 rings (SSSR count). The number of fused-ring (bicyclic) bond motifs is 1. The number of aryl methyl sites for hydroxylation is 1. The molecule has 2 aliphatic heterocycles. The van der Waals surface area contributed by atoms with Gasteiger partial charge in [-0.3, -0.25) is 0 Å². The number of halogens is 1. The maximum atomic E-state index is 5.95. The summed E-state index contributed by atoms with van der Waals surface area (Å²) in [5.74, 6) is 1.80. The Morgan fingerprint density at radius 3 is 2.83 bits per heavy atom. The third-order valence-corrected chi connectivity index (χ3v) is 4.64. The van der Waals surface area contributed by atoms with Crippen molar-refractivity contribution in [2.24, 2.45) is 5.92 Å². The van der Waals surface area contributed by atoms with E-state index < -0.39 is 0 Å². The van der Waals surface area contributed by atoms with E-state index in [4.69, 9.17) is 11.6 Å². The molecule has 5 heteroatoms. The third kappa shape index (κ3) is 2.08. The number of anilines is 1. The molecule has 98 valence electrons. The van der Waals surface area contributed by atoms with Gasteiger partial charge in [-0.15, -0.1) is 10.2 Å². The van der Waals surface area contributed by atoms with Crippen molar-refractivity contribution in [1.29, 1.82) is 0 Å². The summed E-state index contributed by atoms with van der Waals surface area (Å²) < 4.78 is 0. The van der Waals surface area contributed by atoms with Crippen LogP contribution in [0.15, 0.2) is 6.07 Å². The van der Waals surface area contributed by atoms with Crippen LogP contribution < -0.4 is 4.90 Å². The molecule has 0 aliphatic carbocycles. The van der Waals surface area contributed by atoms with E-state index in [9.17, 15) is 0 Å². The Hall–Kier alpha value is -0.870. The van der Waals surface area contributed by atoms with Crippen molar-refractivity contribution >= 4 is 17.4 Å². The highest BCUT2D eigenvalue weighted by molar-refractivity contribution is 6.30. The minimum Gasteiger partial charge on any atom is -0.351 e. The molecule has 0 bridgehead atoms. The summed E-state index contributed by atoms with van der Waals surface area (Å²) in [5.41, 5.74) is 1.01. The van der Waals surface area contributed by atoms with Crippen molar-refractivity contribution in [2.75, 3.05) is 31.6 Å². The lowest BCUT2D eigenvalue weighted by molar-refractivity contribution is 0.207. The summed E-state index contributed by atoms with van der Waals surface area (Å²) >= 11 is 5.95. The van der Waals surface area contributed by atoms with E-state index in [2.05, 4.69) is 33.1 Å². The summed E-state index contributed by atoms with van der Waals surface area (Å²) in [7, 11) is 2.20. The van der Waals surface area contributed by atoms with Gasteiger partial charge in [0.05, 0.1) is 0 Å². The van der Waals surface area contributed by atoms with E-state index in [0.717, 1.165) is 30.4 Å². The molecular formula is C13H19ClN4. The predicted molar refractivity (Wildman–Crippen MR) is 73.1 cm³/mol. The highest BCUT2D eigenvalue weighted by Gasteiger charge is 2.38. The van der Waals surface area contributed by atoms with Crippen LogP contribution in [0.1, 0.15) is 18.4 Å². The average Bonchev–Trinajstić information content (AvgIpc) is 2.75. The number of hydrogen-bond acceptors (Lipinski definition) is 4. The van der Waals surface area contributed by atoms with Gasteiger partial charge in [0.1, 0.15) is 0 Å². The number of aromatic nitrogens is 2. The van der Waals surface area contributed by atoms with Gasteiger partial charge >= 0.3 is 0 Å². The molecule has 3 heterocycles. The number of hydrogen-bond donors (Lipinski definition) is 0. The van der Waals surface area contributed by atoms with Crippen molar-refractivity contribution in [3.8, 4) is 0 Å². The molecule has 1 aromatic heterocycles. The minimum atomic E-state index is 0.509. The standard InChI is InChI=1S/C13H19ClN4/c1-9-7-12(15-16-13(9)14)18-6-4-10-3-5-17(2)8-11(10)18/h7,10-11H,3-6,8H2,1-2H3. The van der Waals surface area contributed by atoms with E-state index >= 15 is 0 Å². The Bertz CT molecular complexity index is 451. The number of nitrogens with zero attached hydrogens (tertiary/aromatic N) is 4. The Morgan fingerprint density at radius 2 is 2.06 bits per heavy atom. The normalized spacial score (nSPS) is 28.5. The highest BCUT2D eigenvalue weighted by Crippen LogP contribution is 2.34. The van der Waals surface area contributed by atoms with E-state index in [1.54, 1.807) is 0 Å². The molecule has 2 atom stereocenters. The predicted octanol–water partition coefficient (Wildman–Crippen LogP) is 1.97. The Morgan fingerprint density at radius 1 is 1.28 bits per heavy atom. The fourth-order valence-electron chi connectivity index (χ4n) is 3.18. The number of likely N-dealkylation sites (N-methyl/N-ethyl adjacent to an activating group) is 1. The van der Waals surface area contributed by atoms with Gasteiger partial charge in [-0.25, -0.2) is 0 Å². The van der Waals surface area contributed by atoms with Gasteiger partial charge in [-0.05, 0) is 50.9 Å². The zero-order chi connectivity index (χ0) is 12.7. The van der Waals surface area contributed by atoms with Crippen LogP contribution in [0, 0.1) is 12.8 Å². The van der Waals surface area contributed by atoms with Crippen LogP contribution >= 0.6 is 11.6 Å². The lowest BCUT2D eigenvalue weighted by atomic mass is 9.92. The van der Waals surface area contributed by atoms with Crippen LogP contribution in [0.3, 0.4) is 0 Å². The lowest BCUT2D eigenvalue weighted by Gasteiger charge is -2.37. The van der Waals surface area contributed by atoms with Crippen LogP contribution in [-0.2, 0) is 0 Å². The fraction of sp³-hybridized carbons (Fsp3) is 0.692. The van der Waals surface area contributed by atoms with Gasteiger partial charge in [-0.1, -0.05) is 11.6 Å². The SMILES string of the molecule is Cc1cc(N2CCC3CCN(C)CC32)nnc1Cl. The summed E-state index contributed by atoms with van der Waals surface area (Å²) in [6, 6.07) is 2.66. The first-order chi connectivity index (χ1) is 8.65. The molecule has 0 N–H and O–H groups in total. The Balaban J connectivity index is 1.85. The van der Waals surface area contributed by atoms with Crippen molar-refractivity contribution < 1.29 is 0 Å². The van der Waals surface area contributed by atoms with Crippen molar-refractivity contribution in [2.45, 2.75) is 25.8 Å². The average molecular weight is 267 g/mol. The quantitative estimate of drug-likeness (QED) is 0.778. The topological polar surface area (TPSA) is 32.3 Å². The van der Waals surface area contributed by atoms with Crippen LogP contribution in [0.5, 0.6) is 0 Å². The van der Waals surface area contributed by atoms with E-state index in [1.165, 1.54) is 19.4 Å². The summed E-state index contributed by atoms with van der Waals surface area (Å²) in [5, 5.41) is 8.81. The minimum absolute atomic E-state index is 0.509. The van der Waals surface area contributed by atoms with E-state index in [1.807, 2.05) is 6.92 Å². The molecule has 2 unspecified atom stereocenters. The first-order valence-electron chi connectivity index (χ1n) is 6.60. The fourth-order valence-corrected chi connectivity index (χ4v) is 3.27. The van der Waals surface area contributed by atoms with Crippen LogP contribution in [0.25, 0.3) is 0 Å². The highest BCUT2D eigenvalue weighted by atomic mass is 35.5. The van der Waals surface area contributed by atoms with Crippen molar-refractivity contribution in [1.82, 2.24) is 15.1 Å².